The molecule has 1 aromatic carbocycles. The maximum atomic E-state index is 11.5. The van der Waals surface area contributed by atoms with E-state index in [1.54, 1.807) is 29.1 Å². The third-order valence-electron chi connectivity index (χ3n) is 2.41. The Labute approximate surface area is 99.8 Å². The van der Waals surface area contributed by atoms with Gasteiger partial charge >= 0.3 is 0 Å². The number of hydrogen-bond acceptors (Lipinski definition) is 4. The lowest BCUT2D eigenvalue weighted by molar-refractivity contribution is 0.602. The topological polar surface area (TPSA) is 78.0 Å². The summed E-state index contributed by atoms with van der Waals surface area (Å²) in [6.45, 7) is 0. The molecule has 2 rings (SSSR count). The van der Waals surface area contributed by atoms with Crippen LogP contribution in [0.25, 0.3) is 11.3 Å². The van der Waals surface area contributed by atoms with Gasteiger partial charge in [0.2, 0.25) is 0 Å². The summed E-state index contributed by atoms with van der Waals surface area (Å²) >= 11 is 0. The van der Waals surface area contributed by atoms with Crippen molar-refractivity contribution in [2.75, 3.05) is 12.0 Å². The van der Waals surface area contributed by atoms with Gasteiger partial charge in [0.05, 0.1) is 22.6 Å². The van der Waals surface area contributed by atoms with Crippen molar-refractivity contribution in [1.29, 1.82) is 0 Å². The van der Waals surface area contributed by atoms with Gasteiger partial charge in [0, 0.05) is 25.1 Å². The Kier molecular flexibility index (Phi) is 2.66. The highest BCUT2D eigenvalue weighted by Crippen LogP contribution is 2.25. The molecule has 0 aliphatic rings. The highest BCUT2D eigenvalue weighted by molar-refractivity contribution is 7.90. The third kappa shape index (κ3) is 2.31. The van der Waals surface area contributed by atoms with Crippen LogP contribution >= 0.6 is 0 Å². The van der Waals surface area contributed by atoms with Crippen molar-refractivity contribution in [1.82, 2.24) is 9.55 Å². The molecule has 0 atom stereocenters. The van der Waals surface area contributed by atoms with Gasteiger partial charge in [0.1, 0.15) is 0 Å². The lowest BCUT2D eigenvalue weighted by Crippen LogP contribution is -2.02. The zero-order valence-electron chi connectivity index (χ0n) is 9.58. The van der Waals surface area contributed by atoms with Crippen molar-refractivity contribution in [3.63, 3.8) is 0 Å². The average molecular weight is 251 g/mol. The Morgan fingerprint density at radius 3 is 2.59 bits per heavy atom. The maximum Gasteiger partial charge on any atom is 0.177 e. The smallest absolute Gasteiger partial charge is 0.177 e. The van der Waals surface area contributed by atoms with E-state index in [2.05, 4.69) is 4.98 Å². The van der Waals surface area contributed by atoms with Crippen LogP contribution in [0, 0.1) is 0 Å². The molecule has 2 aromatic rings. The number of nitrogens with two attached hydrogens (primary N) is 1. The Morgan fingerprint density at radius 1 is 1.35 bits per heavy atom. The standard InChI is InChI=1S/C11H13N3O2S/c1-14-6-10(13-7-14)8-3-4-9(12)11(5-8)17(2,15)16/h3-7H,12H2,1-2H3. The van der Waals surface area contributed by atoms with E-state index in [4.69, 9.17) is 5.73 Å². The highest BCUT2D eigenvalue weighted by atomic mass is 32.2. The Hall–Kier alpha value is -1.82. The van der Waals surface area contributed by atoms with E-state index in [0.717, 1.165) is 17.5 Å². The van der Waals surface area contributed by atoms with Gasteiger partial charge in [0.15, 0.2) is 9.84 Å². The molecule has 6 heteroatoms. The van der Waals surface area contributed by atoms with Gasteiger partial charge in [-0.15, -0.1) is 0 Å². The van der Waals surface area contributed by atoms with Crippen molar-refractivity contribution < 1.29 is 8.42 Å². The van der Waals surface area contributed by atoms with E-state index in [1.807, 2.05) is 13.2 Å². The van der Waals surface area contributed by atoms with Crippen molar-refractivity contribution >= 4 is 15.5 Å². The molecule has 0 aliphatic heterocycles. The SMILES string of the molecule is Cn1cnc(-c2ccc(N)c(S(C)(=O)=O)c2)c1. The van der Waals surface area contributed by atoms with E-state index in [1.165, 1.54) is 0 Å². The first-order valence-electron chi connectivity index (χ1n) is 4.96. The summed E-state index contributed by atoms with van der Waals surface area (Å²) < 4.78 is 24.9. The van der Waals surface area contributed by atoms with Crippen LogP contribution in [0.3, 0.4) is 0 Å². The third-order valence-corrected chi connectivity index (χ3v) is 3.57. The molecule has 17 heavy (non-hydrogen) atoms. The van der Waals surface area contributed by atoms with Gasteiger partial charge in [-0.05, 0) is 12.1 Å². The monoisotopic (exact) mass is 251 g/mol. The van der Waals surface area contributed by atoms with Crippen LogP contribution in [-0.4, -0.2) is 24.2 Å². The first-order chi connectivity index (χ1) is 7.88. The lowest BCUT2D eigenvalue weighted by Gasteiger charge is -2.05. The molecule has 2 N–H and O–H groups in total. The van der Waals surface area contributed by atoms with Crippen molar-refractivity contribution in [3.05, 3.63) is 30.7 Å². The van der Waals surface area contributed by atoms with E-state index in [-0.39, 0.29) is 10.6 Å². The molecule has 0 saturated heterocycles. The molecule has 0 unspecified atom stereocenters. The molecule has 0 saturated carbocycles. The second-order valence-corrected chi connectivity index (χ2v) is 5.93. The quantitative estimate of drug-likeness (QED) is 0.810. The summed E-state index contributed by atoms with van der Waals surface area (Å²) in [6.07, 6.45) is 4.62. The molecular formula is C11H13N3O2S. The summed E-state index contributed by atoms with van der Waals surface area (Å²) in [5.41, 5.74) is 7.37. The fourth-order valence-corrected chi connectivity index (χ4v) is 2.41. The number of hydrogen-bond donors (Lipinski definition) is 1. The minimum absolute atomic E-state index is 0.139. The number of imidazole rings is 1. The molecule has 5 nitrogen and oxygen atoms in total. The zero-order chi connectivity index (χ0) is 12.6. The molecular weight excluding hydrogens is 238 g/mol. The fourth-order valence-electron chi connectivity index (χ4n) is 1.58. The Morgan fingerprint density at radius 2 is 2.06 bits per heavy atom. The first kappa shape index (κ1) is 11.7. The van der Waals surface area contributed by atoms with Crippen LogP contribution in [0.5, 0.6) is 0 Å². The van der Waals surface area contributed by atoms with Gasteiger partial charge < -0.3 is 10.3 Å². The van der Waals surface area contributed by atoms with Crippen LogP contribution in [0.4, 0.5) is 5.69 Å². The van der Waals surface area contributed by atoms with Crippen molar-refractivity contribution in [2.24, 2.45) is 7.05 Å². The molecule has 0 fully saturated rings. The molecule has 0 amide bonds. The average Bonchev–Trinajstić information content (AvgIpc) is 2.64. The van der Waals surface area contributed by atoms with Crippen LogP contribution in [0.2, 0.25) is 0 Å². The van der Waals surface area contributed by atoms with Gasteiger partial charge in [0.25, 0.3) is 0 Å². The van der Waals surface area contributed by atoms with Gasteiger partial charge in [-0.25, -0.2) is 13.4 Å². The zero-order valence-corrected chi connectivity index (χ0v) is 10.4. The summed E-state index contributed by atoms with van der Waals surface area (Å²) in [5, 5.41) is 0. The second kappa shape index (κ2) is 3.89. The van der Waals surface area contributed by atoms with E-state index in [0.29, 0.717) is 0 Å². The number of sulfone groups is 1. The number of rotatable bonds is 2. The largest absolute Gasteiger partial charge is 0.398 e. The summed E-state index contributed by atoms with van der Waals surface area (Å²) in [4.78, 5) is 4.31. The van der Waals surface area contributed by atoms with Crippen LogP contribution in [0.1, 0.15) is 0 Å². The van der Waals surface area contributed by atoms with E-state index >= 15 is 0 Å². The number of aromatic nitrogens is 2. The van der Waals surface area contributed by atoms with Crippen LogP contribution in [-0.2, 0) is 16.9 Å². The van der Waals surface area contributed by atoms with E-state index in [9.17, 15) is 8.42 Å². The minimum Gasteiger partial charge on any atom is -0.398 e. The normalized spacial score (nSPS) is 11.6. The second-order valence-electron chi connectivity index (χ2n) is 3.95. The maximum absolute atomic E-state index is 11.5. The lowest BCUT2D eigenvalue weighted by atomic mass is 10.1. The molecule has 0 bridgehead atoms. The molecule has 0 spiro atoms. The Balaban J connectivity index is 2.59. The molecule has 1 heterocycles. The van der Waals surface area contributed by atoms with Gasteiger partial charge in [-0.3, -0.25) is 0 Å². The van der Waals surface area contributed by atoms with Crippen LogP contribution < -0.4 is 5.73 Å². The van der Waals surface area contributed by atoms with E-state index < -0.39 is 9.84 Å². The summed E-state index contributed by atoms with van der Waals surface area (Å²) in [5.74, 6) is 0. The molecule has 1 aromatic heterocycles. The molecule has 0 radical (unpaired) electrons. The fraction of sp³-hybridized carbons (Fsp3) is 0.182. The molecule has 90 valence electrons. The minimum atomic E-state index is -3.32. The van der Waals surface area contributed by atoms with Crippen LogP contribution in [0.15, 0.2) is 35.6 Å². The number of aryl methyl sites for hydroxylation is 1. The highest BCUT2D eigenvalue weighted by Gasteiger charge is 2.13. The van der Waals surface area contributed by atoms with Gasteiger partial charge in [-0.1, -0.05) is 6.07 Å². The number of nitrogens with zero attached hydrogens (tertiary/aromatic N) is 2. The summed E-state index contributed by atoms with van der Waals surface area (Å²) in [6, 6.07) is 4.89. The predicted molar refractivity (Wildman–Crippen MR) is 66.2 cm³/mol. The number of benzene rings is 1. The summed E-state index contributed by atoms with van der Waals surface area (Å²) in [7, 11) is -1.46. The first-order valence-corrected chi connectivity index (χ1v) is 6.85. The van der Waals surface area contributed by atoms with Crippen molar-refractivity contribution in [3.8, 4) is 11.3 Å². The van der Waals surface area contributed by atoms with Crippen molar-refractivity contribution in [2.45, 2.75) is 4.90 Å². The number of anilines is 1. The molecule has 0 aliphatic carbocycles. The van der Waals surface area contributed by atoms with Gasteiger partial charge in [-0.2, -0.15) is 0 Å². The Bertz CT molecular complexity index is 659. The number of nitrogen functional groups attached to an aromatic ring is 1. The predicted octanol–water partition coefficient (Wildman–Crippen LogP) is 1.07.